The molecule has 1 aromatic rings. The van der Waals surface area contributed by atoms with Crippen LogP contribution in [0.3, 0.4) is 0 Å². The highest BCUT2D eigenvalue weighted by molar-refractivity contribution is 7.89. The maximum absolute atomic E-state index is 12.2. The number of hydrogen-bond acceptors (Lipinski definition) is 4. The number of rotatable bonds is 6. The predicted octanol–water partition coefficient (Wildman–Crippen LogP) is 0.416. The third kappa shape index (κ3) is 4.27. The van der Waals surface area contributed by atoms with Crippen LogP contribution in [0.15, 0.2) is 17.0 Å². The van der Waals surface area contributed by atoms with E-state index in [-0.39, 0.29) is 10.5 Å². The van der Waals surface area contributed by atoms with Crippen molar-refractivity contribution in [1.82, 2.24) is 10.0 Å². The number of aryl methyl sites for hydroxylation is 1. The van der Waals surface area contributed by atoms with Crippen molar-refractivity contribution >= 4 is 21.9 Å². The van der Waals surface area contributed by atoms with Gasteiger partial charge in [-0.2, -0.15) is 0 Å². The number of carbonyl (C=O) groups excluding carboxylic acids is 1. The van der Waals surface area contributed by atoms with Gasteiger partial charge in [0.1, 0.15) is 0 Å². The lowest BCUT2D eigenvalue weighted by molar-refractivity contribution is -0.119. The van der Waals surface area contributed by atoms with Crippen molar-refractivity contribution in [3.05, 3.63) is 28.8 Å². The Hall–Kier alpha value is -1.93. The molecule has 0 radical (unpaired) electrons. The topological polar surface area (TPSA) is 113 Å². The number of carboxylic acids is 1. The highest BCUT2D eigenvalue weighted by Crippen LogP contribution is 2.21. The molecule has 0 saturated heterocycles. The summed E-state index contributed by atoms with van der Waals surface area (Å²) in [6.45, 7) is 4.93. The summed E-state index contributed by atoms with van der Waals surface area (Å²) < 4.78 is 26.6. The zero-order valence-corrected chi connectivity index (χ0v) is 12.9. The number of carboxylic acid groups (broad SMARTS) is 1. The second kappa shape index (κ2) is 6.68. The number of nitrogens with one attached hydrogen (secondary N) is 2. The van der Waals surface area contributed by atoms with Crippen LogP contribution < -0.4 is 10.0 Å². The zero-order chi connectivity index (χ0) is 16.2. The predicted molar refractivity (Wildman–Crippen MR) is 76.7 cm³/mol. The molecule has 8 heteroatoms. The van der Waals surface area contributed by atoms with E-state index in [9.17, 15) is 18.0 Å². The summed E-state index contributed by atoms with van der Waals surface area (Å²) in [6, 6.07) is 2.49. The van der Waals surface area contributed by atoms with Crippen LogP contribution in [-0.4, -0.2) is 38.5 Å². The van der Waals surface area contributed by atoms with Gasteiger partial charge in [-0.3, -0.25) is 4.79 Å². The van der Waals surface area contributed by atoms with Crippen molar-refractivity contribution in [2.24, 2.45) is 0 Å². The third-order valence-electron chi connectivity index (χ3n) is 2.95. The first-order valence-electron chi connectivity index (χ1n) is 6.30. The minimum Gasteiger partial charge on any atom is -0.478 e. The Balaban J connectivity index is 3.13. The van der Waals surface area contributed by atoms with E-state index in [1.54, 1.807) is 20.8 Å². The average molecular weight is 314 g/mol. The molecular formula is C13H18N2O5S. The van der Waals surface area contributed by atoms with Gasteiger partial charge in [-0.05, 0) is 44.0 Å². The van der Waals surface area contributed by atoms with E-state index in [0.29, 0.717) is 17.7 Å². The fraction of sp³-hybridized carbons (Fsp3) is 0.385. The molecule has 0 heterocycles. The number of sulfonamides is 1. The Morgan fingerprint density at radius 1 is 1.24 bits per heavy atom. The monoisotopic (exact) mass is 314 g/mol. The van der Waals surface area contributed by atoms with Gasteiger partial charge in [0.25, 0.3) is 0 Å². The van der Waals surface area contributed by atoms with Crippen LogP contribution in [0.5, 0.6) is 0 Å². The molecule has 0 saturated carbocycles. The van der Waals surface area contributed by atoms with E-state index in [4.69, 9.17) is 5.11 Å². The highest BCUT2D eigenvalue weighted by Gasteiger charge is 2.21. The minimum atomic E-state index is -3.96. The molecule has 1 rings (SSSR count). The van der Waals surface area contributed by atoms with Crippen molar-refractivity contribution in [3.8, 4) is 0 Å². The van der Waals surface area contributed by atoms with Gasteiger partial charge in [-0.1, -0.05) is 0 Å². The van der Waals surface area contributed by atoms with Crippen LogP contribution >= 0.6 is 0 Å². The molecule has 0 bridgehead atoms. The molecule has 0 aliphatic heterocycles. The molecule has 0 aromatic heterocycles. The first kappa shape index (κ1) is 17.1. The van der Waals surface area contributed by atoms with Gasteiger partial charge in [0, 0.05) is 6.54 Å². The van der Waals surface area contributed by atoms with Crippen LogP contribution in [0.2, 0.25) is 0 Å². The van der Waals surface area contributed by atoms with Crippen LogP contribution in [0.4, 0.5) is 0 Å². The molecule has 0 atom stereocenters. The zero-order valence-electron chi connectivity index (χ0n) is 12.1. The van der Waals surface area contributed by atoms with Crippen molar-refractivity contribution in [3.63, 3.8) is 0 Å². The molecule has 0 fully saturated rings. The third-order valence-corrected chi connectivity index (χ3v) is 4.48. The number of amides is 1. The van der Waals surface area contributed by atoms with Gasteiger partial charge in [0.15, 0.2) is 0 Å². The summed E-state index contributed by atoms with van der Waals surface area (Å²) >= 11 is 0. The molecular weight excluding hydrogens is 296 g/mol. The molecule has 0 aliphatic rings. The summed E-state index contributed by atoms with van der Waals surface area (Å²) in [6.07, 6.45) is 0. The quantitative estimate of drug-likeness (QED) is 0.704. The number of benzene rings is 1. The van der Waals surface area contributed by atoms with E-state index >= 15 is 0 Å². The summed E-state index contributed by atoms with van der Waals surface area (Å²) in [5.74, 6) is -1.66. The standard InChI is InChI=1S/C13H18N2O5S/c1-4-14-12(16)7-15-21(19,20)11-6-10(13(17)18)5-8(2)9(11)3/h5-6,15H,4,7H2,1-3H3,(H,14,16)(H,17,18). The molecule has 21 heavy (non-hydrogen) atoms. The van der Waals surface area contributed by atoms with Crippen LogP contribution in [0.25, 0.3) is 0 Å². The molecule has 3 N–H and O–H groups in total. The minimum absolute atomic E-state index is 0.114. The molecule has 0 spiro atoms. The Morgan fingerprint density at radius 2 is 1.86 bits per heavy atom. The van der Waals surface area contributed by atoms with Gasteiger partial charge in [-0.25, -0.2) is 17.9 Å². The molecule has 7 nitrogen and oxygen atoms in total. The van der Waals surface area contributed by atoms with E-state index in [0.717, 1.165) is 6.07 Å². The Bertz CT molecular complexity index is 667. The molecule has 116 valence electrons. The van der Waals surface area contributed by atoms with Crippen LogP contribution in [-0.2, 0) is 14.8 Å². The van der Waals surface area contributed by atoms with Crippen molar-refractivity contribution in [2.45, 2.75) is 25.7 Å². The first-order valence-corrected chi connectivity index (χ1v) is 7.78. The molecule has 1 amide bonds. The second-order valence-corrected chi connectivity index (χ2v) is 6.23. The fourth-order valence-electron chi connectivity index (χ4n) is 1.73. The lowest BCUT2D eigenvalue weighted by Crippen LogP contribution is -2.37. The second-order valence-electron chi connectivity index (χ2n) is 4.50. The lowest BCUT2D eigenvalue weighted by Gasteiger charge is -2.12. The normalized spacial score (nSPS) is 11.2. The maximum Gasteiger partial charge on any atom is 0.335 e. The van der Waals surface area contributed by atoms with Gasteiger partial charge < -0.3 is 10.4 Å². The van der Waals surface area contributed by atoms with Gasteiger partial charge in [-0.15, -0.1) is 0 Å². The van der Waals surface area contributed by atoms with Crippen LogP contribution in [0.1, 0.15) is 28.4 Å². The number of carbonyl (C=O) groups is 2. The smallest absolute Gasteiger partial charge is 0.335 e. The van der Waals surface area contributed by atoms with E-state index < -0.39 is 28.4 Å². The SMILES string of the molecule is CCNC(=O)CNS(=O)(=O)c1cc(C(=O)O)cc(C)c1C. The van der Waals surface area contributed by atoms with Crippen molar-refractivity contribution in [2.75, 3.05) is 13.1 Å². The van der Waals surface area contributed by atoms with E-state index in [2.05, 4.69) is 10.0 Å². The Kier molecular flexibility index (Phi) is 5.45. The summed E-state index contributed by atoms with van der Waals surface area (Å²) in [7, 11) is -3.96. The van der Waals surface area contributed by atoms with Gasteiger partial charge in [0.05, 0.1) is 17.0 Å². The lowest BCUT2D eigenvalue weighted by atomic mass is 10.1. The summed E-state index contributed by atoms with van der Waals surface area (Å²) in [5.41, 5.74) is 0.883. The Labute approximate surface area is 123 Å². The maximum atomic E-state index is 12.2. The van der Waals surface area contributed by atoms with Gasteiger partial charge in [0.2, 0.25) is 15.9 Å². The number of aromatic carboxylic acids is 1. The molecule has 0 aliphatic carbocycles. The van der Waals surface area contributed by atoms with Gasteiger partial charge >= 0.3 is 5.97 Å². The fourth-order valence-corrected chi connectivity index (χ4v) is 3.05. The number of likely N-dealkylation sites (N-methyl/N-ethyl adjacent to an activating group) is 1. The average Bonchev–Trinajstić information content (AvgIpc) is 2.39. The van der Waals surface area contributed by atoms with Crippen molar-refractivity contribution in [1.29, 1.82) is 0 Å². The number of hydrogen-bond donors (Lipinski definition) is 3. The van der Waals surface area contributed by atoms with E-state index in [1.165, 1.54) is 6.07 Å². The van der Waals surface area contributed by atoms with E-state index in [1.807, 2.05) is 0 Å². The highest BCUT2D eigenvalue weighted by atomic mass is 32.2. The van der Waals surface area contributed by atoms with Crippen molar-refractivity contribution < 1.29 is 23.1 Å². The molecule has 1 aromatic carbocycles. The first-order chi connectivity index (χ1) is 9.69. The summed E-state index contributed by atoms with van der Waals surface area (Å²) in [5, 5.41) is 11.5. The largest absolute Gasteiger partial charge is 0.478 e. The molecule has 0 unspecified atom stereocenters. The summed E-state index contributed by atoms with van der Waals surface area (Å²) in [4.78, 5) is 22.2. The van der Waals surface area contributed by atoms with Crippen LogP contribution in [0, 0.1) is 13.8 Å². The Morgan fingerprint density at radius 3 is 2.38 bits per heavy atom.